The number of aromatic nitrogens is 4. The summed E-state index contributed by atoms with van der Waals surface area (Å²) in [6.45, 7) is 2.41. The maximum absolute atomic E-state index is 12.4. The summed E-state index contributed by atoms with van der Waals surface area (Å²) in [6, 6.07) is 4.04. The Morgan fingerprint density at radius 3 is 3.12 bits per heavy atom. The van der Waals surface area contributed by atoms with Crippen LogP contribution >= 0.6 is 0 Å². The van der Waals surface area contributed by atoms with Crippen molar-refractivity contribution in [2.24, 2.45) is 0 Å². The van der Waals surface area contributed by atoms with Crippen LogP contribution in [0.15, 0.2) is 29.3 Å². The molecule has 0 unspecified atom stereocenters. The molecule has 24 heavy (non-hydrogen) atoms. The van der Waals surface area contributed by atoms with Gasteiger partial charge in [0.2, 0.25) is 0 Å². The van der Waals surface area contributed by atoms with E-state index < -0.39 is 0 Å². The van der Waals surface area contributed by atoms with Crippen LogP contribution in [0.4, 0.5) is 0 Å². The van der Waals surface area contributed by atoms with Crippen molar-refractivity contribution in [1.29, 1.82) is 0 Å². The zero-order chi connectivity index (χ0) is 16.1. The maximum atomic E-state index is 12.4. The number of nitrogens with zero attached hydrogens (tertiary/aromatic N) is 3. The summed E-state index contributed by atoms with van der Waals surface area (Å²) in [4.78, 5) is 30.0. The molecule has 0 saturated heterocycles. The van der Waals surface area contributed by atoms with Crippen molar-refractivity contribution in [1.82, 2.24) is 24.8 Å². The lowest BCUT2D eigenvalue weighted by atomic mass is 10.1. The van der Waals surface area contributed by atoms with Crippen LogP contribution in [0.5, 0.6) is 0 Å². The third kappa shape index (κ3) is 2.34. The number of hydrogen-bond acceptors (Lipinski definition) is 4. The molecular weight excluding hydrogens is 302 g/mol. The van der Waals surface area contributed by atoms with Crippen LogP contribution in [0.25, 0.3) is 11.0 Å². The second-order valence-corrected chi connectivity index (χ2v) is 6.82. The van der Waals surface area contributed by atoms with E-state index in [1.807, 2.05) is 12.3 Å². The quantitative estimate of drug-likeness (QED) is 0.774. The van der Waals surface area contributed by atoms with E-state index in [0.717, 1.165) is 60.5 Å². The Labute approximate surface area is 139 Å². The molecule has 122 valence electrons. The maximum Gasteiger partial charge on any atom is 0.255 e. The number of aromatic amines is 2. The van der Waals surface area contributed by atoms with E-state index in [4.69, 9.17) is 4.98 Å². The summed E-state index contributed by atoms with van der Waals surface area (Å²) in [5.74, 6) is 1.38. The molecule has 6 heteroatoms. The van der Waals surface area contributed by atoms with Crippen molar-refractivity contribution in [3.8, 4) is 0 Å². The van der Waals surface area contributed by atoms with Crippen LogP contribution in [0.3, 0.4) is 0 Å². The summed E-state index contributed by atoms with van der Waals surface area (Å²) in [7, 11) is 0. The topological polar surface area (TPSA) is 77.7 Å². The van der Waals surface area contributed by atoms with Crippen LogP contribution in [-0.2, 0) is 19.5 Å². The highest BCUT2D eigenvalue weighted by molar-refractivity contribution is 5.79. The number of nitrogens with one attached hydrogen (secondary N) is 2. The summed E-state index contributed by atoms with van der Waals surface area (Å²) in [5.41, 5.74) is 4.02. The number of hydrogen-bond donors (Lipinski definition) is 2. The van der Waals surface area contributed by atoms with Gasteiger partial charge >= 0.3 is 0 Å². The fraction of sp³-hybridized carbons (Fsp3) is 0.389. The Balaban J connectivity index is 1.41. The van der Waals surface area contributed by atoms with E-state index >= 15 is 0 Å². The lowest BCUT2D eigenvalue weighted by molar-refractivity contribution is 0.242. The second-order valence-electron chi connectivity index (χ2n) is 6.82. The Hall–Kier alpha value is -2.47. The predicted octanol–water partition coefficient (Wildman–Crippen LogP) is 2.08. The number of fused-ring (bicyclic) bond motifs is 2. The first-order valence-electron chi connectivity index (χ1n) is 8.53. The third-order valence-electron chi connectivity index (χ3n) is 5.06. The lowest BCUT2D eigenvalue weighted by Crippen LogP contribution is -2.35. The number of H-pyrrole nitrogens is 2. The van der Waals surface area contributed by atoms with Gasteiger partial charge in [0.25, 0.3) is 5.56 Å². The fourth-order valence-corrected chi connectivity index (χ4v) is 3.57. The van der Waals surface area contributed by atoms with Crippen LogP contribution in [0, 0.1) is 0 Å². The molecule has 0 radical (unpaired) electrons. The van der Waals surface area contributed by atoms with E-state index in [0.29, 0.717) is 12.5 Å². The van der Waals surface area contributed by atoms with Crippen molar-refractivity contribution < 1.29 is 0 Å². The molecule has 1 aliphatic heterocycles. The molecule has 2 N–H and O–H groups in total. The van der Waals surface area contributed by atoms with Gasteiger partial charge in [-0.15, -0.1) is 0 Å². The highest BCUT2D eigenvalue weighted by Crippen LogP contribution is 2.37. The van der Waals surface area contributed by atoms with Crippen LogP contribution in [0.1, 0.15) is 41.4 Å². The Morgan fingerprint density at radius 1 is 1.33 bits per heavy atom. The summed E-state index contributed by atoms with van der Waals surface area (Å²) < 4.78 is 0. The van der Waals surface area contributed by atoms with Gasteiger partial charge in [0.15, 0.2) is 0 Å². The third-order valence-corrected chi connectivity index (χ3v) is 5.06. The molecule has 0 spiro atoms. The molecule has 0 aromatic carbocycles. The van der Waals surface area contributed by atoms with Crippen molar-refractivity contribution in [3.05, 3.63) is 57.5 Å². The molecule has 0 bridgehead atoms. The molecule has 3 aromatic heterocycles. The van der Waals surface area contributed by atoms with Gasteiger partial charge < -0.3 is 9.97 Å². The summed E-state index contributed by atoms with van der Waals surface area (Å²) in [5, 5.41) is 1.15. The summed E-state index contributed by atoms with van der Waals surface area (Å²) in [6.07, 6.45) is 6.97. The van der Waals surface area contributed by atoms with E-state index in [9.17, 15) is 4.79 Å². The molecule has 2 aliphatic rings. The molecule has 1 saturated carbocycles. The molecular formula is C18H19N5O. The molecule has 1 fully saturated rings. The van der Waals surface area contributed by atoms with Gasteiger partial charge in [0.05, 0.1) is 11.3 Å². The molecule has 4 heterocycles. The lowest BCUT2D eigenvalue weighted by Gasteiger charge is -2.27. The average molecular weight is 321 g/mol. The van der Waals surface area contributed by atoms with Gasteiger partial charge in [-0.3, -0.25) is 9.69 Å². The van der Waals surface area contributed by atoms with Crippen molar-refractivity contribution in [3.63, 3.8) is 0 Å². The van der Waals surface area contributed by atoms with E-state index in [2.05, 4.69) is 25.9 Å². The molecule has 6 nitrogen and oxygen atoms in total. The Bertz CT molecular complexity index is 969. The first-order chi connectivity index (χ1) is 11.8. The molecule has 3 aromatic rings. The van der Waals surface area contributed by atoms with Gasteiger partial charge in [-0.1, -0.05) is 0 Å². The highest BCUT2D eigenvalue weighted by atomic mass is 16.1. The van der Waals surface area contributed by atoms with Gasteiger partial charge in [-0.2, -0.15) is 0 Å². The SMILES string of the molecule is O=c1[nH]c(C2CC2)nc2c1CN(Cc1c[nH]c3ncccc13)CC2. The molecule has 0 atom stereocenters. The molecule has 1 aliphatic carbocycles. The summed E-state index contributed by atoms with van der Waals surface area (Å²) >= 11 is 0. The van der Waals surface area contributed by atoms with Gasteiger partial charge in [-0.25, -0.2) is 9.97 Å². The van der Waals surface area contributed by atoms with E-state index in [-0.39, 0.29) is 5.56 Å². The first kappa shape index (κ1) is 13.9. The van der Waals surface area contributed by atoms with Crippen LogP contribution in [0.2, 0.25) is 0 Å². The monoisotopic (exact) mass is 321 g/mol. The van der Waals surface area contributed by atoms with Crippen LogP contribution in [-0.4, -0.2) is 31.4 Å². The minimum atomic E-state index is 0.0483. The largest absolute Gasteiger partial charge is 0.346 e. The molecule has 5 rings (SSSR count). The van der Waals surface area contributed by atoms with Crippen molar-refractivity contribution in [2.45, 2.75) is 38.3 Å². The minimum absolute atomic E-state index is 0.0483. The second kappa shape index (κ2) is 5.27. The normalized spacial score (nSPS) is 18.0. The molecule has 0 amide bonds. The smallest absolute Gasteiger partial charge is 0.255 e. The Kier molecular flexibility index (Phi) is 3.06. The van der Waals surface area contributed by atoms with Gasteiger partial charge in [0, 0.05) is 49.8 Å². The number of pyridine rings is 1. The first-order valence-corrected chi connectivity index (χ1v) is 8.53. The standard InChI is InChI=1S/C18H19N5O/c24-18-14-10-23(7-5-15(14)21-16(22-18)11-3-4-11)9-12-8-20-17-13(12)2-1-6-19-17/h1-2,6,8,11H,3-5,7,9-10H2,(H,19,20)(H,21,22,24). The Morgan fingerprint density at radius 2 is 2.25 bits per heavy atom. The van der Waals surface area contributed by atoms with Gasteiger partial charge in [0.1, 0.15) is 11.5 Å². The van der Waals surface area contributed by atoms with E-state index in [1.165, 1.54) is 5.56 Å². The predicted molar refractivity (Wildman–Crippen MR) is 90.7 cm³/mol. The minimum Gasteiger partial charge on any atom is -0.346 e. The average Bonchev–Trinajstić information content (AvgIpc) is 3.38. The van der Waals surface area contributed by atoms with Crippen molar-refractivity contribution in [2.75, 3.05) is 6.54 Å². The zero-order valence-corrected chi connectivity index (χ0v) is 13.4. The van der Waals surface area contributed by atoms with Crippen LogP contribution < -0.4 is 5.56 Å². The van der Waals surface area contributed by atoms with Gasteiger partial charge in [-0.05, 0) is 30.5 Å². The fourth-order valence-electron chi connectivity index (χ4n) is 3.57. The van der Waals surface area contributed by atoms with E-state index in [1.54, 1.807) is 6.20 Å². The number of rotatable bonds is 3. The zero-order valence-electron chi connectivity index (χ0n) is 13.4. The highest BCUT2D eigenvalue weighted by Gasteiger charge is 2.29. The van der Waals surface area contributed by atoms with Crippen molar-refractivity contribution >= 4 is 11.0 Å².